The van der Waals surface area contributed by atoms with E-state index in [0.717, 1.165) is 17.9 Å². The van der Waals surface area contributed by atoms with Crippen LogP contribution in [0.2, 0.25) is 10.0 Å². The predicted octanol–water partition coefficient (Wildman–Crippen LogP) is 4.86. The summed E-state index contributed by atoms with van der Waals surface area (Å²) in [6, 6.07) is 5.74. The van der Waals surface area contributed by atoms with Crippen LogP contribution in [0.25, 0.3) is 0 Å². The normalized spacial score (nSPS) is 18.5. The molecule has 2 rings (SSSR count). The fraction of sp³-hybridized carbons (Fsp3) is 0.600. The summed E-state index contributed by atoms with van der Waals surface area (Å²) in [6.07, 6.45) is 9.14. The van der Waals surface area contributed by atoms with Gasteiger partial charge in [-0.25, -0.2) is 0 Å². The first kappa shape index (κ1) is 15.1. The van der Waals surface area contributed by atoms with Crippen molar-refractivity contribution in [3.8, 4) is 0 Å². The molecule has 1 unspecified atom stereocenters. The molecule has 1 aromatic carbocycles. The summed E-state index contributed by atoms with van der Waals surface area (Å²) >= 11 is 12.2. The van der Waals surface area contributed by atoms with E-state index in [2.05, 4.69) is 5.43 Å². The van der Waals surface area contributed by atoms with E-state index in [1.807, 2.05) is 12.1 Å². The molecular formula is C15H22Cl2N2. The Morgan fingerprint density at radius 1 is 1.21 bits per heavy atom. The van der Waals surface area contributed by atoms with Crippen LogP contribution in [-0.2, 0) is 0 Å². The molecule has 0 bridgehead atoms. The van der Waals surface area contributed by atoms with Gasteiger partial charge in [-0.2, -0.15) is 0 Å². The molecule has 0 radical (unpaired) electrons. The molecule has 0 aromatic heterocycles. The van der Waals surface area contributed by atoms with Gasteiger partial charge in [0.2, 0.25) is 0 Å². The zero-order valence-corrected chi connectivity index (χ0v) is 12.7. The van der Waals surface area contributed by atoms with Gasteiger partial charge in [-0.15, -0.1) is 0 Å². The van der Waals surface area contributed by atoms with E-state index in [1.165, 1.54) is 38.5 Å². The van der Waals surface area contributed by atoms with Crippen LogP contribution in [0.5, 0.6) is 0 Å². The molecule has 1 atom stereocenters. The van der Waals surface area contributed by atoms with Gasteiger partial charge in [-0.05, 0) is 36.5 Å². The highest BCUT2D eigenvalue weighted by molar-refractivity contribution is 6.35. The van der Waals surface area contributed by atoms with Gasteiger partial charge < -0.3 is 0 Å². The van der Waals surface area contributed by atoms with Gasteiger partial charge in [-0.3, -0.25) is 11.3 Å². The standard InChI is InChI=1S/C15H22Cl2N2/c16-12-7-8-13(14(17)10-12)15(19-18)9-6-11-4-2-1-3-5-11/h7-8,10-11,15,19H,1-6,9,18H2. The van der Waals surface area contributed by atoms with Crippen molar-refractivity contribution >= 4 is 23.2 Å². The van der Waals surface area contributed by atoms with Crippen LogP contribution < -0.4 is 11.3 Å². The molecule has 1 saturated carbocycles. The van der Waals surface area contributed by atoms with Crippen molar-refractivity contribution in [1.82, 2.24) is 5.43 Å². The first-order valence-electron chi connectivity index (χ1n) is 7.12. The third kappa shape index (κ3) is 4.35. The van der Waals surface area contributed by atoms with Crippen molar-refractivity contribution in [3.63, 3.8) is 0 Å². The molecule has 1 fully saturated rings. The van der Waals surface area contributed by atoms with E-state index in [1.54, 1.807) is 6.07 Å². The summed E-state index contributed by atoms with van der Waals surface area (Å²) in [6.45, 7) is 0. The zero-order chi connectivity index (χ0) is 13.7. The first-order chi connectivity index (χ1) is 9.20. The Bertz CT molecular complexity index is 403. The Morgan fingerprint density at radius 2 is 1.95 bits per heavy atom. The second-order valence-corrected chi connectivity index (χ2v) is 6.31. The number of rotatable bonds is 5. The topological polar surface area (TPSA) is 38.0 Å². The summed E-state index contributed by atoms with van der Waals surface area (Å²) in [5.41, 5.74) is 3.94. The maximum Gasteiger partial charge on any atom is 0.0474 e. The van der Waals surface area contributed by atoms with Crippen molar-refractivity contribution in [2.75, 3.05) is 0 Å². The highest BCUT2D eigenvalue weighted by Crippen LogP contribution is 2.32. The molecule has 2 nitrogen and oxygen atoms in total. The zero-order valence-electron chi connectivity index (χ0n) is 11.2. The van der Waals surface area contributed by atoms with Crippen LogP contribution in [0.3, 0.4) is 0 Å². The lowest BCUT2D eigenvalue weighted by atomic mass is 9.84. The molecule has 0 aliphatic heterocycles. The number of halogens is 2. The molecule has 19 heavy (non-hydrogen) atoms. The van der Waals surface area contributed by atoms with Crippen molar-refractivity contribution in [2.24, 2.45) is 11.8 Å². The van der Waals surface area contributed by atoms with E-state index in [0.29, 0.717) is 10.0 Å². The number of nitrogens with two attached hydrogens (primary N) is 1. The number of benzene rings is 1. The van der Waals surface area contributed by atoms with Crippen LogP contribution in [-0.4, -0.2) is 0 Å². The second kappa shape index (κ2) is 7.49. The van der Waals surface area contributed by atoms with Crippen molar-refractivity contribution < 1.29 is 0 Å². The molecule has 1 aromatic rings. The van der Waals surface area contributed by atoms with Gasteiger partial charge in [0, 0.05) is 16.1 Å². The van der Waals surface area contributed by atoms with Crippen LogP contribution in [0.4, 0.5) is 0 Å². The minimum atomic E-state index is 0.117. The lowest BCUT2D eigenvalue weighted by Crippen LogP contribution is -2.28. The number of hydrogen-bond donors (Lipinski definition) is 2. The van der Waals surface area contributed by atoms with Crippen LogP contribution >= 0.6 is 23.2 Å². The summed E-state index contributed by atoms with van der Waals surface area (Å²) < 4.78 is 0. The number of hydrogen-bond acceptors (Lipinski definition) is 2. The van der Waals surface area contributed by atoms with E-state index in [4.69, 9.17) is 29.0 Å². The Labute approximate surface area is 125 Å². The summed E-state index contributed by atoms with van der Waals surface area (Å²) in [4.78, 5) is 0. The maximum atomic E-state index is 6.24. The Hall–Kier alpha value is -0.280. The molecule has 0 spiro atoms. The largest absolute Gasteiger partial charge is 0.271 e. The Kier molecular flexibility index (Phi) is 5.96. The van der Waals surface area contributed by atoms with Gasteiger partial charge in [0.05, 0.1) is 0 Å². The van der Waals surface area contributed by atoms with E-state index >= 15 is 0 Å². The molecule has 0 amide bonds. The molecule has 3 N–H and O–H groups in total. The van der Waals surface area contributed by atoms with Gasteiger partial charge in [0.15, 0.2) is 0 Å². The van der Waals surface area contributed by atoms with Crippen LogP contribution in [0, 0.1) is 5.92 Å². The summed E-state index contributed by atoms with van der Waals surface area (Å²) in [5, 5.41) is 1.36. The maximum absolute atomic E-state index is 6.24. The van der Waals surface area contributed by atoms with Gasteiger partial charge >= 0.3 is 0 Å². The first-order valence-corrected chi connectivity index (χ1v) is 7.87. The molecular weight excluding hydrogens is 279 g/mol. The molecule has 1 aliphatic rings. The highest BCUT2D eigenvalue weighted by atomic mass is 35.5. The predicted molar refractivity (Wildman–Crippen MR) is 82.3 cm³/mol. The van der Waals surface area contributed by atoms with E-state index in [9.17, 15) is 0 Å². The van der Waals surface area contributed by atoms with Crippen LogP contribution in [0.1, 0.15) is 56.6 Å². The van der Waals surface area contributed by atoms with Crippen molar-refractivity contribution in [3.05, 3.63) is 33.8 Å². The van der Waals surface area contributed by atoms with E-state index in [-0.39, 0.29) is 6.04 Å². The van der Waals surface area contributed by atoms with Gasteiger partial charge in [0.1, 0.15) is 0 Å². The quantitative estimate of drug-likeness (QED) is 0.602. The van der Waals surface area contributed by atoms with Gasteiger partial charge in [-0.1, -0.05) is 61.4 Å². The number of nitrogens with one attached hydrogen (secondary N) is 1. The lowest BCUT2D eigenvalue weighted by Gasteiger charge is -2.24. The van der Waals surface area contributed by atoms with Crippen molar-refractivity contribution in [1.29, 1.82) is 0 Å². The fourth-order valence-corrected chi connectivity index (χ4v) is 3.53. The third-order valence-electron chi connectivity index (χ3n) is 4.13. The second-order valence-electron chi connectivity index (χ2n) is 5.47. The number of hydrazine groups is 1. The Morgan fingerprint density at radius 3 is 2.58 bits per heavy atom. The van der Waals surface area contributed by atoms with E-state index < -0.39 is 0 Å². The highest BCUT2D eigenvalue weighted by Gasteiger charge is 2.18. The minimum absolute atomic E-state index is 0.117. The summed E-state index contributed by atoms with van der Waals surface area (Å²) in [5.74, 6) is 6.54. The average molecular weight is 301 g/mol. The Balaban J connectivity index is 1.95. The average Bonchev–Trinajstić information content (AvgIpc) is 2.42. The smallest absolute Gasteiger partial charge is 0.0474 e. The minimum Gasteiger partial charge on any atom is -0.271 e. The third-order valence-corrected chi connectivity index (χ3v) is 4.69. The van der Waals surface area contributed by atoms with Gasteiger partial charge in [0.25, 0.3) is 0 Å². The molecule has 1 aliphatic carbocycles. The summed E-state index contributed by atoms with van der Waals surface area (Å²) in [7, 11) is 0. The SMILES string of the molecule is NNC(CCC1CCCCC1)c1ccc(Cl)cc1Cl. The van der Waals surface area contributed by atoms with Crippen LogP contribution in [0.15, 0.2) is 18.2 Å². The lowest BCUT2D eigenvalue weighted by molar-refractivity contribution is 0.315. The fourth-order valence-electron chi connectivity index (χ4n) is 2.99. The molecule has 106 valence electrons. The monoisotopic (exact) mass is 300 g/mol. The molecule has 0 heterocycles. The molecule has 0 saturated heterocycles. The van der Waals surface area contributed by atoms with Crippen molar-refractivity contribution in [2.45, 2.75) is 51.0 Å². The molecule has 4 heteroatoms.